The van der Waals surface area contributed by atoms with Gasteiger partial charge in [0.2, 0.25) is 0 Å². The topological polar surface area (TPSA) is 12.0 Å². The second-order valence-electron chi connectivity index (χ2n) is 5.56. The third kappa shape index (κ3) is 4.12. The Morgan fingerprint density at radius 3 is 2.71 bits per heavy atom. The van der Waals surface area contributed by atoms with Crippen LogP contribution < -0.4 is 5.32 Å². The Bertz CT molecular complexity index is 358. The average molecular weight is 235 g/mol. The van der Waals surface area contributed by atoms with E-state index in [0.29, 0.717) is 11.8 Å². The maximum Gasteiger partial charge on any atom is 0.123 e. The van der Waals surface area contributed by atoms with Gasteiger partial charge in [-0.15, -0.1) is 0 Å². The molecule has 1 N–H and O–H groups in total. The van der Waals surface area contributed by atoms with Gasteiger partial charge in [0.25, 0.3) is 0 Å². The predicted octanol–water partition coefficient (Wildman–Crippen LogP) is 3.71. The molecule has 1 atom stereocenters. The van der Waals surface area contributed by atoms with Crippen LogP contribution in [-0.4, -0.2) is 12.6 Å². The maximum absolute atomic E-state index is 13.3. The summed E-state index contributed by atoms with van der Waals surface area (Å²) in [6, 6.07) is 7.78. The Hall–Kier alpha value is -0.890. The number of rotatable bonds is 6. The standard InChI is InChI=1S/C15H22FN/c1-11(2)8-13(10-17-15-6-7-15)12-4-3-5-14(16)9-12/h3-5,9,11,13,15,17H,6-8,10H2,1-2H3. The monoisotopic (exact) mass is 235 g/mol. The Morgan fingerprint density at radius 2 is 2.12 bits per heavy atom. The molecule has 0 saturated heterocycles. The molecule has 0 aliphatic heterocycles. The first-order valence-corrected chi connectivity index (χ1v) is 6.64. The molecule has 0 amide bonds. The highest BCUT2D eigenvalue weighted by atomic mass is 19.1. The lowest BCUT2D eigenvalue weighted by Gasteiger charge is -2.20. The molecular formula is C15H22FN. The van der Waals surface area contributed by atoms with E-state index in [4.69, 9.17) is 0 Å². The predicted molar refractivity (Wildman–Crippen MR) is 69.6 cm³/mol. The van der Waals surface area contributed by atoms with Crippen LogP contribution in [0.15, 0.2) is 24.3 Å². The van der Waals surface area contributed by atoms with Gasteiger partial charge in [-0.1, -0.05) is 26.0 Å². The van der Waals surface area contributed by atoms with Crippen LogP contribution in [-0.2, 0) is 0 Å². The molecule has 1 aliphatic rings. The highest BCUT2D eigenvalue weighted by molar-refractivity contribution is 5.21. The van der Waals surface area contributed by atoms with E-state index in [9.17, 15) is 4.39 Å². The summed E-state index contributed by atoms with van der Waals surface area (Å²) in [5.41, 5.74) is 1.13. The van der Waals surface area contributed by atoms with E-state index in [1.807, 2.05) is 12.1 Å². The van der Waals surface area contributed by atoms with Gasteiger partial charge in [-0.3, -0.25) is 0 Å². The van der Waals surface area contributed by atoms with E-state index in [2.05, 4.69) is 19.2 Å². The van der Waals surface area contributed by atoms with Crippen molar-refractivity contribution in [2.45, 2.75) is 45.1 Å². The van der Waals surface area contributed by atoms with Crippen molar-refractivity contribution in [3.63, 3.8) is 0 Å². The van der Waals surface area contributed by atoms with Gasteiger partial charge in [-0.2, -0.15) is 0 Å². The van der Waals surface area contributed by atoms with Crippen LogP contribution in [0.2, 0.25) is 0 Å². The zero-order valence-corrected chi connectivity index (χ0v) is 10.7. The number of benzene rings is 1. The summed E-state index contributed by atoms with van der Waals surface area (Å²) in [5, 5.41) is 3.56. The van der Waals surface area contributed by atoms with E-state index in [0.717, 1.165) is 24.6 Å². The minimum atomic E-state index is -0.123. The van der Waals surface area contributed by atoms with Crippen molar-refractivity contribution in [1.82, 2.24) is 5.32 Å². The second kappa shape index (κ2) is 5.63. The summed E-state index contributed by atoms with van der Waals surface area (Å²) in [4.78, 5) is 0. The van der Waals surface area contributed by atoms with Crippen molar-refractivity contribution < 1.29 is 4.39 Å². The van der Waals surface area contributed by atoms with Gasteiger partial charge >= 0.3 is 0 Å². The average Bonchev–Trinajstić information content (AvgIpc) is 3.07. The SMILES string of the molecule is CC(C)CC(CNC1CC1)c1cccc(F)c1. The number of halogens is 1. The van der Waals surface area contributed by atoms with E-state index >= 15 is 0 Å². The first-order valence-electron chi connectivity index (χ1n) is 6.64. The third-order valence-corrected chi connectivity index (χ3v) is 3.31. The molecule has 2 rings (SSSR count). The highest BCUT2D eigenvalue weighted by Gasteiger charge is 2.22. The van der Waals surface area contributed by atoms with Crippen molar-refractivity contribution in [1.29, 1.82) is 0 Å². The van der Waals surface area contributed by atoms with Gasteiger partial charge in [-0.05, 0) is 48.8 Å². The lowest BCUT2D eigenvalue weighted by atomic mass is 9.90. The van der Waals surface area contributed by atoms with Gasteiger partial charge in [0.15, 0.2) is 0 Å². The van der Waals surface area contributed by atoms with Gasteiger partial charge < -0.3 is 5.32 Å². The van der Waals surface area contributed by atoms with Crippen LogP contribution in [0, 0.1) is 11.7 Å². The van der Waals surface area contributed by atoms with Crippen molar-refractivity contribution in [3.05, 3.63) is 35.6 Å². The van der Waals surface area contributed by atoms with Crippen molar-refractivity contribution >= 4 is 0 Å². The smallest absolute Gasteiger partial charge is 0.123 e. The Balaban J connectivity index is 2.01. The van der Waals surface area contributed by atoms with Crippen LogP contribution in [0.4, 0.5) is 4.39 Å². The van der Waals surface area contributed by atoms with E-state index in [-0.39, 0.29) is 5.82 Å². The van der Waals surface area contributed by atoms with Gasteiger partial charge in [0, 0.05) is 12.6 Å². The second-order valence-corrected chi connectivity index (χ2v) is 5.56. The molecule has 1 fully saturated rings. The zero-order chi connectivity index (χ0) is 12.3. The van der Waals surface area contributed by atoms with E-state index < -0.39 is 0 Å². The van der Waals surface area contributed by atoms with Gasteiger partial charge in [0.1, 0.15) is 5.82 Å². The number of hydrogen-bond donors (Lipinski definition) is 1. The van der Waals surface area contributed by atoms with Crippen LogP contribution in [0.3, 0.4) is 0 Å². The normalized spacial score (nSPS) is 17.4. The molecule has 1 unspecified atom stereocenters. The fourth-order valence-electron chi connectivity index (χ4n) is 2.26. The summed E-state index contributed by atoms with van der Waals surface area (Å²) < 4.78 is 13.3. The molecule has 2 heteroatoms. The fraction of sp³-hybridized carbons (Fsp3) is 0.600. The first kappa shape index (κ1) is 12.6. The van der Waals surface area contributed by atoms with Crippen molar-refractivity contribution in [2.24, 2.45) is 5.92 Å². The Morgan fingerprint density at radius 1 is 1.35 bits per heavy atom. The Labute approximate surface area is 103 Å². The molecule has 0 radical (unpaired) electrons. The van der Waals surface area contributed by atoms with Crippen LogP contribution in [0.5, 0.6) is 0 Å². The minimum absolute atomic E-state index is 0.123. The number of nitrogens with one attached hydrogen (secondary N) is 1. The molecule has 94 valence electrons. The lowest BCUT2D eigenvalue weighted by molar-refractivity contribution is 0.467. The molecule has 1 aromatic rings. The summed E-state index contributed by atoms with van der Waals surface area (Å²) >= 11 is 0. The fourth-order valence-corrected chi connectivity index (χ4v) is 2.26. The van der Waals surface area contributed by atoms with Gasteiger partial charge in [-0.25, -0.2) is 4.39 Å². The largest absolute Gasteiger partial charge is 0.313 e. The molecule has 1 aromatic carbocycles. The van der Waals surface area contributed by atoms with Crippen LogP contribution in [0.1, 0.15) is 44.6 Å². The maximum atomic E-state index is 13.3. The molecule has 1 aliphatic carbocycles. The zero-order valence-electron chi connectivity index (χ0n) is 10.7. The molecule has 0 bridgehead atoms. The first-order chi connectivity index (χ1) is 8.15. The molecule has 0 spiro atoms. The van der Waals surface area contributed by atoms with Crippen molar-refractivity contribution in [3.8, 4) is 0 Å². The summed E-state index contributed by atoms with van der Waals surface area (Å²) in [5.74, 6) is 0.957. The molecule has 17 heavy (non-hydrogen) atoms. The van der Waals surface area contributed by atoms with Crippen LogP contribution >= 0.6 is 0 Å². The van der Waals surface area contributed by atoms with E-state index in [1.54, 1.807) is 6.07 Å². The van der Waals surface area contributed by atoms with Crippen LogP contribution in [0.25, 0.3) is 0 Å². The third-order valence-electron chi connectivity index (χ3n) is 3.31. The summed E-state index contributed by atoms with van der Waals surface area (Å²) in [6.45, 7) is 5.43. The molecule has 1 nitrogen and oxygen atoms in total. The Kier molecular flexibility index (Phi) is 4.16. The quantitative estimate of drug-likeness (QED) is 0.792. The highest BCUT2D eigenvalue weighted by Crippen LogP contribution is 2.26. The summed E-state index contributed by atoms with van der Waals surface area (Å²) in [6.07, 6.45) is 3.72. The summed E-state index contributed by atoms with van der Waals surface area (Å²) in [7, 11) is 0. The van der Waals surface area contributed by atoms with Gasteiger partial charge in [0.05, 0.1) is 0 Å². The lowest BCUT2D eigenvalue weighted by Crippen LogP contribution is -2.24. The van der Waals surface area contributed by atoms with Crippen molar-refractivity contribution in [2.75, 3.05) is 6.54 Å². The molecule has 0 heterocycles. The number of hydrogen-bond acceptors (Lipinski definition) is 1. The molecular weight excluding hydrogens is 213 g/mol. The molecule has 0 aromatic heterocycles. The molecule has 1 saturated carbocycles. The van der Waals surface area contributed by atoms with E-state index in [1.165, 1.54) is 18.9 Å². The minimum Gasteiger partial charge on any atom is -0.313 e.